The predicted molar refractivity (Wildman–Crippen MR) is 60.8 cm³/mol. The second-order valence-electron chi connectivity index (χ2n) is 3.26. The second-order valence-corrected chi connectivity index (χ2v) is 4.12. The minimum absolute atomic E-state index is 0.100. The van der Waals surface area contributed by atoms with Gasteiger partial charge < -0.3 is 4.74 Å². The van der Waals surface area contributed by atoms with Gasteiger partial charge in [-0.3, -0.25) is 0 Å². The molecule has 2 nitrogen and oxygen atoms in total. The van der Waals surface area contributed by atoms with Gasteiger partial charge in [-0.2, -0.15) is 8.78 Å². The number of pyridine rings is 1. The van der Waals surface area contributed by atoms with Gasteiger partial charge in [-0.05, 0) is 35.0 Å². The lowest BCUT2D eigenvalue weighted by Gasteiger charge is -2.08. The Labute approximate surface area is 99.4 Å². The molecule has 0 radical (unpaired) electrons. The minimum Gasteiger partial charge on any atom is -0.432 e. The van der Waals surface area contributed by atoms with Crippen molar-refractivity contribution < 1.29 is 13.5 Å². The molecular weight excluding hydrogens is 280 g/mol. The third kappa shape index (κ3) is 2.14. The van der Waals surface area contributed by atoms with E-state index in [-0.39, 0.29) is 5.75 Å². The summed E-state index contributed by atoms with van der Waals surface area (Å²) in [6.07, 6.45) is 0. The van der Waals surface area contributed by atoms with Gasteiger partial charge in [-0.25, -0.2) is 4.98 Å². The molecule has 0 fully saturated rings. The lowest BCUT2D eigenvalue weighted by atomic mass is 10.2. The molecule has 1 aromatic heterocycles. The second kappa shape index (κ2) is 4.33. The maximum Gasteiger partial charge on any atom is 0.387 e. The number of aromatic nitrogens is 1. The summed E-state index contributed by atoms with van der Waals surface area (Å²) in [5, 5.41) is 0.760. The van der Waals surface area contributed by atoms with Crippen LogP contribution in [0, 0.1) is 6.92 Å². The Morgan fingerprint density at radius 2 is 2.12 bits per heavy atom. The zero-order chi connectivity index (χ0) is 11.7. The number of nitrogens with zero attached hydrogens (tertiary/aromatic N) is 1. The minimum atomic E-state index is -2.84. The van der Waals surface area contributed by atoms with Crippen molar-refractivity contribution in [2.24, 2.45) is 0 Å². The number of benzene rings is 1. The molecule has 84 valence electrons. The Morgan fingerprint density at radius 3 is 2.81 bits per heavy atom. The Bertz CT molecular complexity index is 531. The summed E-state index contributed by atoms with van der Waals surface area (Å²) in [6.45, 7) is -1.04. The zero-order valence-corrected chi connectivity index (χ0v) is 9.96. The van der Waals surface area contributed by atoms with E-state index in [0.29, 0.717) is 5.52 Å². The van der Waals surface area contributed by atoms with Gasteiger partial charge in [0.15, 0.2) is 5.75 Å². The predicted octanol–water partition coefficient (Wildman–Crippen LogP) is 3.91. The Morgan fingerprint density at radius 1 is 1.38 bits per heavy atom. The number of hydrogen-bond donors (Lipinski definition) is 0. The molecule has 16 heavy (non-hydrogen) atoms. The Balaban J connectivity index is 2.62. The fourth-order valence-electron chi connectivity index (χ4n) is 1.43. The van der Waals surface area contributed by atoms with Gasteiger partial charge in [0.25, 0.3) is 0 Å². The molecule has 0 spiro atoms. The van der Waals surface area contributed by atoms with E-state index >= 15 is 0 Å². The van der Waals surface area contributed by atoms with Gasteiger partial charge in [0, 0.05) is 9.86 Å². The summed E-state index contributed by atoms with van der Waals surface area (Å²) in [5.41, 5.74) is 1.18. The maximum absolute atomic E-state index is 12.2. The fourth-order valence-corrected chi connectivity index (χ4v) is 1.76. The first-order valence-corrected chi connectivity index (χ1v) is 5.38. The zero-order valence-electron chi connectivity index (χ0n) is 8.38. The molecule has 0 aliphatic heterocycles. The third-order valence-corrected chi connectivity index (χ3v) is 2.96. The van der Waals surface area contributed by atoms with Gasteiger partial charge in [0.05, 0.1) is 5.69 Å². The number of hydrogen-bond acceptors (Lipinski definition) is 2. The van der Waals surface area contributed by atoms with Crippen molar-refractivity contribution in [3.8, 4) is 5.75 Å². The van der Waals surface area contributed by atoms with Gasteiger partial charge in [-0.15, -0.1) is 0 Å². The number of ether oxygens (including phenoxy) is 1. The molecule has 0 aliphatic carbocycles. The molecule has 0 atom stereocenters. The number of alkyl halides is 2. The first-order valence-electron chi connectivity index (χ1n) is 4.58. The molecule has 0 amide bonds. The van der Waals surface area contributed by atoms with Crippen LogP contribution >= 0.6 is 15.9 Å². The third-order valence-electron chi connectivity index (χ3n) is 2.15. The van der Waals surface area contributed by atoms with Crippen LogP contribution in [0.5, 0.6) is 5.75 Å². The quantitative estimate of drug-likeness (QED) is 0.836. The molecule has 1 aromatic carbocycles. The van der Waals surface area contributed by atoms with Gasteiger partial charge in [0.1, 0.15) is 5.52 Å². The highest BCUT2D eigenvalue weighted by molar-refractivity contribution is 9.10. The molecule has 0 aliphatic rings. The van der Waals surface area contributed by atoms with Crippen LogP contribution in [0.4, 0.5) is 8.78 Å². The molecule has 0 N–H and O–H groups in total. The molecule has 0 saturated heterocycles. The van der Waals surface area contributed by atoms with Crippen LogP contribution < -0.4 is 4.74 Å². The average Bonchev–Trinajstić information content (AvgIpc) is 2.20. The molecule has 5 heteroatoms. The fraction of sp³-hybridized carbons (Fsp3) is 0.182. The van der Waals surface area contributed by atoms with Crippen molar-refractivity contribution in [3.05, 3.63) is 34.4 Å². The van der Waals surface area contributed by atoms with Crippen LogP contribution in [0.15, 0.2) is 28.7 Å². The molecule has 0 bridgehead atoms. The standard InChI is InChI=1S/C11H8BrF2NO/c1-6-8(12)5-7-3-2-4-9(10(7)15-6)16-11(13)14/h2-5,11H,1H3. The van der Waals surface area contributed by atoms with E-state index in [9.17, 15) is 8.78 Å². The molecule has 0 unspecified atom stereocenters. The SMILES string of the molecule is Cc1nc2c(OC(F)F)cccc2cc1Br. The smallest absolute Gasteiger partial charge is 0.387 e. The molecule has 1 heterocycles. The van der Waals surface area contributed by atoms with Crippen molar-refractivity contribution in [1.29, 1.82) is 0 Å². The van der Waals surface area contributed by atoms with Crippen molar-refractivity contribution in [2.75, 3.05) is 0 Å². The highest BCUT2D eigenvalue weighted by Gasteiger charge is 2.10. The number of aryl methyl sites for hydroxylation is 1. The summed E-state index contributed by atoms with van der Waals surface area (Å²) in [6, 6.07) is 6.76. The van der Waals surface area contributed by atoms with Crippen molar-refractivity contribution in [3.63, 3.8) is 0 Å². The van der Waals surface area contributed by atoms with Crippen LogP contribution in [0.2, 0.25) is 0 Å². The number of rotatable bonds is 2. The van der Waals surface area contributed by atoms with E-state index in [1.165, 1.54) is 6.07 Å². The molecular formula is C11H8BrF2NO. The highest BCUT2D eigenvalue weighted by Crippen LogP contribution is 2.28. The first-order chi connectivity index (χ1) is 7.58. The van der Waals surface area contributed by atoms with Crippen molar-refractivity contribution in [2.45, 2.75) is 13.5 Å². The molecule has 2 aromatic rings. The highest BCUT2D eigenvalue weighted by atomic mass is 79.9. The van der Waals surface area contributed by atoms with E-state index < -0.39 is 6.61 Å². The topological polar surface area (TPSA) is 22.1 Å². The molecule has 2 rings (SSSR count). The first kappa shape index (κ1) is 11.3. The van der Waals surface area contributed by atoms with Gasteiger partial charge >= 0.3 is 6.61 Å². The maximum atomic E-state index is 12.2. The van der Waals surface area contributed by atoms with E-state index in [2.05, 4.69) is 25.7 Å². The largest absolute Gasteiger partial charge is 0.432 e. The van der Waals surface area contributed by atoms with Crippen LogP contribution in [0.3, 0.4) is 0 Å². The lowest BCUT2D eigenvalue weighted by Crippen LogP contribution is -2.03. The van der Waals surface area contributed by atoms with E-state index in [0.717, 1.165) is 15.6 Å². The van der Waals surface area contributed by atoms with Crippen molar-refractivity contribution >= 4 is 26.8 Å². The normalized spacial score (nSPS) is 11.1. The lowest BCUT2D eigenvalue weighted by molar-refractivity contribution is -0.0489. The Kier molecular flexibility index (Phi) is 3.05. The van der Waals surface area contributed by atoms with Crippen LogP contribution in [0.25, 0.3) is 10.9 Å². The van der Waals surface area contributed by atoms with Crippen molar-refractivity contribution in [1.82, 2.24) is 4.98 Å². The van der Waals surface area contributed by atoms with E-state index in [1.54, 1.807) is 19.1 Å². The number of halogens is 3. The summed E-state index contributed by atoms with van der Waals surface area (Å²) < 4.78 is 29.6. The summed E-state index contributed by atoms with van der Waals surface area (Å²) >= 11 is 3.34. The molecule has 0 saturated carbocycles. The number of para-hydroxylation sites is 1. The van der Waals surface area contributed by atoms with E-state index in [4.69, 9.17) is 0 Å². The van der Waals surface area contributed by atoms with Crippen LogP contribution in [-0.4, -0.2) is 11.6 Å². The number of fused-ring (bicyclic) bond motifs is 1. The Hall–Kier alpha value is -1.23. The average molecular weight is 288 g/mol. The monoisotopic (exact) mass is 287 g/mol. The summed E-state index contributed by atoms with van der Waals surface area (Å²) in [7, 11) is 0. The van der Waals surface area contributed by atoms with Crippen LogP contribution in [-0.2, 0) is 0 Å². The summed E-state index contributed by atoms with van der Waals surface area (Å²) in [5.74, 6) is 0.100. The van der Waals surface area contributed by atoms with Crippen LogP contribution in [0.1, 0.15) is 5.69 Å². The van der Waals surface area contributed by atoms with Gasteiger partial charge in [0.2, 0.25) is 0 Å². The summed E-state index contributed by atoms with van der Waals surface area (Å²) in [4.78, 5) is 4.22. The van der Waals surface area contributed by atoms with E-state index in [1.807, 2.05) is 6.07 Å². The van der Waals surface area contributed by atoms with Gasteiger partial charge in [-0.1, -0.05) is 12.1 Å².